The molecule has 2 amide bonds. The lowest BCUT2D eigenvalue weighted by atomic mass is 10.1. The first-order chi connectivity index (χ1) is 13.0. The van der Waals surface area contributed by atoms with Gasteiger partial charge in [0.05, 0.1) is 19.0 Å². The number of morpholine rings is 1. The highest BCUT2D eigenvalue weighted by Crippen LogP contribution is 2.08. The number of nitrogens with zero attached hydrogens (tertiary/aromatic N) is 1. The number of hydrogen-bond acceptors (Lipinski definition) is 6. The summed E-state index contributed by atoms with van der Waals surface area (Å²) in [5.74, 6) is 1.02. The third-order valence-electron chi connectivity index (χ3n) is 4.33. The number of nitrogens with one attached hydrogen (secondary N) is 2. The van der Waals surface area contributed by atoms with Crippen molar-refractivity contribution in [2.45, 2.75) is 32.4 Å². The van der Waals surface area contributed by atoms with Crippen LogP contribution in [0.4, 0.5) is 0 Å². The molecule has 2 rings (SSSR count). The van der Waals surface area contributed by atoms with E-state index in [0.29, 0.717) is 25.5 Å². The zero-order valence-corrected chi connectivity index (χ0v) is 17.2. The maximum atomic E-state index is 12.6. The molecule has 8 heteroatoms. The molecule has 0 aromatic carbocycles. The Morgan fingerprint density at radius 1 is 1.41 bits per heavy atom. The summed E-state index contributed by atoms with van der Waals surface area (Å²) in [7, 11) is 0. The Balaban J connectivity index is 1.84. The van der Waals surface area contributed by atoms with Crippen LogP contribution < -0.4 is 10.6 Å². The molecule has 0 aliphatic carbocycles. The molecule has 1 fully saturated rings. The minimum absolute atomic E-state index is 0.0246. The number of amides is 2. The molecule has 7 nitrogen and oxygen atoms in total. The number of furan rings is 1. The van der Waals surface area contributed by atoms with Crippen LogP contribution in [-0.2, 0) is 9.53 Å². The van der Waals surface area contributed by atoms with Crippen molar-refractivity contribution < 1.29 is 18.7 Å². The van der Waals surface area contributed by atoms with Gasteiger partial charge in [-0.05, 0) is 36.5 Å². The van der Waals surface area contributed by atoms with Crippen molar-refractivity contribution in [2.24, 2.45) is 5.92 Å². The fourth-order valence-electron chi connectivity index (χ4n) is 3.07. The minimum Gasteiger partial charge on any atom is -0.459 e. The van der Waals surface area contributed by atoms with Gasteiger partial charge in [-0.2, -0.15) is 11.8 Å². The first kappa shape index (κ1) is 21.8. The molecule has 2 atom stereocenters. The Bertz CT molecular complexity index is 580. The van der Waals surface area contributed by atoms with E-state index in [4.69, 9.17) is 9.15 Å². The molecule has 0 saturated carbocycles. The van der Waals surface area contributed by atoms with Gasteiger partial charge in [0.25, 0.3) is 5.91 Å². The van der Waals surface area contributed by atoms with Crippen LogP contribution in [0.5, 0.6) is 0 Å². The van der Waals surface area contributed by atoms with E-state index in [1.165, 1.54) is 6.26 Å². The van der Waals surface area contributed by atoms with Crippen LogP contribution in [0.25, 0.3) is 0 Å². The molecule has 0 spiro atoms. The van der Waals surface area contributed by atoms with Crippen molar-refractivity contribution in [3.63, 3.8) is 0 Å². The monoisotopic (exact) mass is 397 g/mol. The number of carbonyl (C=O) groups excluding carboxylic acids is 2. The van der Waals surface area contributed by atoms with Gasteiger partial charge >= 0.3 is 0 Å². The normalized spacial score (nSPS) is 19.0. The van der Waals surface area contributed by atoms with Crippen molar-refractivity contribution in [3.05, 3.63) is 24.2 Å². The van der Waals surface area contributed by atoms with Crippen molar-refractivity contribution in [2.75, 3.05) is 44.8 Å². The fourth-order valence-corrected chi connectivity index (χ4v) is 3.54. The fraction of sp³-hybridized carbons (Fsp3) is 0.684. The molecule has 0 unspecified atom stereocenters. The van der Waals surface area contributed by atoms with Crippen LogP contribution in [-0.4, -0.2) is 73.7 Å². The van der Waals surface area contributed by atoms with Gasteiger partial charge in [-0.25, -0.2) is 0 Å². The minimum atomic E-state index is -0.592. The zero-order valence-electron chi connectivity index (χ0n) is 16.4. The van der Waals surface area contributed by atoms with E-state index < -0.39 is 6.04 Å². The zero-order chi connectivity index (χ0) is 19.6. The topological polar surface area (TPSA) is 83.8 Å². The molecular weight excluding hydrogens is 366 g/mol. The third-order valence-corrected chi connectivity index (χ3v) is 4.97. The van der Waals surface area contributed by atoms with Crippen molar-refractivity contribution >= 4 is 23.6 Å². The second kappa shape index (κ2) is 11.4. The standard InChI is InChI=1S/C19H31N3O4S/c1-14(2)12-22-7-9-25-15(13-22)11-20-18(23)16(6-10-27-3)21-19(24)17-5-4-8-26-17/h4-5,8,14-16H,6-7,9-13H2,1-3H3,(H,20,23)(H,21,24)/t15-,16+/m0/s1. The Morgan fingerprint density at radius 3 is 2.89 bits per heavy atom. The summed E-state index contributed by atoms with van der Waals surface area (Å²) >= 11 is 1.64. The Labute approximate surface area is 165 Å². The van der Waals surface area contributed by atoms with Crippen LogP contribution >= 0.6 is 11.8 Å². The maximum absolute atomic E-state index is 12.6. The molecule has 1 aliphatic heterocycles. The summed E-state index contributed by atoms with van der Waals surface area (Å²) in [6.07, 6.45) is 3.95. The van der Waals surface area contributed by atoms with Crippen LogP contribution in [0.2, 0.25) is 0 Å². The number of rotatable bonds is 10. The molecular formula is C19H31N3O4S. The summed E-state index contributed by atoms with van der Waals surface area (Å²) in [4.78, 5) is 27.2. The van der Waals surface area contributed by atoms with E-state index in [0.717, 1.165) is 25.4 Å². The largest absolute Gasteiger partial charge is 0.459 e. The molecule has 1 aliphatic rings. The number of thioether (sulfide) groups is 1. The lowest BCUT2D eigenvalue weighted by molar-refractivity contribution is -0.124. The van der Waals surface area contributed by atoms with Gasteiger partial charge in [0, 0.05) is 26.2 Å². The highest BCUT2D eigenvalue weighted by molar-refractivity contribution is 7.98. The van der Waals surface area contributed by atoms with Crippen LogP contribution in [0.3, 0.4) is 0 Å². The first-order valence-electron chi connectivity index (χ1n) is 9.44. The van der Waals surface area contributed by atoms with E-state index in [2.05, 4.69) is 29.4 Å². The molecule has 1 aromatic rings. The van der Waals surface area contributed by atoms with Crippen molar-refractivity contribution in [1.82, 2.24) is 15.5 Å². The summed E-state index contributed by atoms with van der Waals surface area (Å²) in [6.45, 7) is 8.29. The summed E-state index contributed by atoms with van der Waals surface area (Å²) in [5, 5.41) is 5.71. The predicted octanol–water partition coefficient (Wildman–Crippen LogP) is 1.60. The van der Waals surface area contributed by atoms with Gasteiger partial charge < -0.3 is 19.8 Å². The molecule has 2 heterocycles. The van der Waals surface area contributed by atoms with E-state index >= 15 is 0 Å². The summed E-state index contributed by atoms with van der Waals surface area (Å²) in [6, 6.07) is 2.64. The van der Waals surface area contributed by atoms with E-state index in [9.17, 15) is 9.59 Å². The van der Waals surface area contributed by atoms with Gasteiger partial charge in [0.2, 0.25) is 5.91 Å². The highest BCUT2D eigenvalue weighted by Gasteiger charge is 2.25. The smallest absolute Gasteiger partial charge is 0.287 e. The molecule has 152 valence electrons. The second-order valence-corrected chi connectivity index (χ2v) is 8.16. The third kappa shape index (κ3) is 7.56. The Kier molecular flexibility index (Phi) is 9.17. The molecule has 0 radical (unpaired) electrons. The number of ether oxygens (including phenoxy) is 1. The van der Waals surface area contributed by atoms with E-state index in [1.807, 2.05) is 6.26 Å². The van der Waals surface area contributed by atoms with Gasteiger partial charge in [-0.15, -0.1) is 0 Å². The summed E-state index contributed by atoms with van der Waals surface area (Å²) in [5.41, 5.74) is 0. The van der Waals surface area contributed by atoms with Gasteiger partial charge in [0.1, 0.15) is 6.04 Å². The molecule has 0 bridgehead atoms. The highest BCUT2D eigenvalue weighted by atomic mass is 32.2. The molecule has 1 saturated heterocycles. The van der Waals surface area contributed by atoms with Crippen LogP contribution in [0.1, 0.15) is 30.8 Å². The lowest BCUT2D eigenvalue weighted by Gasteiger charge is -2.34. The van der Waals surface area contributed by atoms with Gasteiger partial charge in [0.15, 0.2) is 5.76 Å². The van der Waals surface area contributed by atoms with Gasteiger partial charge in [-0.3, -0.25) is 14.5 Å². The van der Waals surface area contributed by atoms with Crippen molar-refractivity contribution in [3.8, 4) is 0 Å². The summed E-state index contributed by atoms with van der Waals surface area (Å²) < 4.78 is 10.9. The quantitative estimate of drug-likeness (QED) is 0.624. The van der Waals surface area contributed by atoms with E-state index in [1.54, 1.807) is 23.9 Å². The Hall–Kier alpha value is -1.51. The molecule has 27 heavy (non-hydrogen) atoms. The lowest BCUT2D eigenvalue weighted by Crippen LogP contribution is -2.52. The van der Waals surface area contributed by atoms with Crippen LogP contribution in [0.15, 0.2) is 22.8 Å². The predicted molar refractivity (Wildman–Crippen MR) is 107 cm³/mol. The Morgan fingerprint density at radius 2 is 2.22 bits per heavy atom. The maximum Gasteiger partial charge on any atom is 0.287 e. The molecule has 1 aromatic heterocycles. The second-order valence-electron chi connectivity index (χ2n) is 7.18. The van der Waals surface area contributed by atoms with Crippen LogP contribution in [0, 0.1) is 5.92 Å². The SMILES string of the molecule is CSCC[C@@H](NC(=O)c1ccco1)C(=O)NC[C@H]1CN(CC(C)C)CCO1. The van der Waals surface area contributed by atoms with Gasteiger partial charge in [-0.1, -0.05) is 13.8 Å². The average Bonchev–Trinajstić information content (AvgIpc) is 3.17. The first-order valence-corrected chi connectivity index (χ1v) is 10.8. The average molecular weight is 398 g/mol. The van der Waals surface area contributed by atoms with Crippen molar-refractivity contribution in [1.29, 1.82) is 0 Å². The van der Waals surface area contributed by atoms with E-state index in [-0.39, 0.29) is 23.7 Å². The number of hydrogen-bond donors (Lipinski definition) is 2. The molecule has 2 N–H and O–H groups in total. The number of carbonyl (C=O) groups is 2.